The molecule has 92 valence electrons. The number of rotatable bonds is 4. The molecule has 18 heavy (non-hydrogen) atoms. The summed E-state index contributed by atoms with van der Waals surface area (Å²) in [6, 6.07) is 8.22. The first-order valence-corrected chi connectivity index (χ1v) is 5.41. The highest BCUT2D eigenvalue weighted by molar-refractivity contribution is 6.29. The van der Waals surface area contributed by atoms with Crippen LogP contribution in [0.1, 0.15) is 10.4 Å². The predicted octanol–water partition coefficient (Wildman–Crippen LogP) is 2.74. The molecule has 2 aromatic rings. The molecule has 0 spiro atoms. The van der Waals surface area contributed by atoms with E-state index in [9.17, 15) is 4.79 Å². The molecule has 0 saturated heterocycles. The number of hydrogen-bond donors (Lipinski definition) is 0. The number of ether oxygens (including phenoxy) is 2. The molecule has 0 bridgehead atoms. The minimum atomic E-state index is 0.0219. The van der Waals surface area contributed by atoms with Gasteiger partial charge in [-0.15, -0.1) is 0 Å². The third-order valence-electron chi connectivity index (χ3n) is 2.11. The standard InChI is InChI=1S/C12H9ClN2O3/c1-17-11-6-10(13)14-12(15-11)18-9-5-3-2-4-8(9)7-16/h2-7H,1H3. The van der Waals surface area contributed by atoms with Gasteiger partial charge in [-0.1, -0.05) is 23.7 Å². The van der Waals surface area contributed by atoms with E-state index in [-0.39, 0.29) is 17.0 Å². The monoisotopic (exact) mass is 264 g/mol. The first kappa shape index (κ1) is 12.3. The van der Waals surface area contributed by atoms with Gasteiger partial charge in [-0.2, -0.15) is 9.97 Å². The van der Waals surface area contributed by atoms with Crippen LogP contribution in [-0.4, -0.2) is 23.4 Å². The van der Waals surface area contributed by atoms with Crippen LogP contribution in [0.5, 0.6) is 17.6 Å². The van der Waals surface area contributed by atoms with Gasteiger partial charge < -0.3 is 9.47 Å². The minimum absolute atomic E-state index is 0.0219. The minimum Gasteiger partial charge on any atom is -0.481 e. The lowest BCUT2D eigenvalue weighted by atomic mass is 10.2. The van der Waals surface area contributed by atoms with E-state index in [1.54, 1.807) is 24.3 Å². The molecular weight excluding hydrogens is 256 g/mol. The van der Waals surface area contributed by atoms with Crippen LogP contribution in [0.3, 0.4) is 0 Å². The number of carbonyl (C=O) groups is 1. The van der Waals surface area contributed by atoms with Gasteiger partial charge in [0, 0.05) is 6.07 Å². The summed E-state index contributed by atoms with van der Waals surface area (Å²) in [5.74, 6) is 0.644. The van der Waals surface area contributed by atoms with Gasteiger partial charge in [0.2, 0.25) is 5.88 Å². The van der Waals surface area contributed by atoms with Gasteiger partial charge in [-0.3, -0.25) is 4.79 Å². The highest BCUT2D eigenvalue weighted by atomic mass is 35.5. The van der Waals surface area contributed by atoms with Crippen LogP contribution < -0.4 is 9.47 Å². The first-order valence-electron chi connectivity index (χ1n) is 5.03. The molecule has 1 aromatic carbocycles. The van der Waals surface area contributed by atoms with Crippen molar-refractivity contribution in [3.05, 3.63) is 41.0 Å². The Labute approximate surface area is 108 Å². The van der Waals surface area contributed by atoms with Gasteiger partial charge in [0.1, 0.15) is 10.9 Å². The van der Waals surface area contributed by atoms with Crippen LogP contribution in [0.4, 0.5) is 0 Å². The molecule has 0 saturated carbocycles. The van der Waals surface area contributed by atoms with Gasteiger partial charge in [-0.05, 0) is 12.1 Å². The third kappa shape index (κ3) is 2.75. The largest absolute Gasteiger partial charge is 0.481 e. The Kier molecular flexibility index (Phi) is 3.74. The summed E-state index contributed by atoms with van der Waals surface area (Å²) >= 11 is 5.79. The van der Waals surface area contributed by atoms with Crippen LogP contribution in [0.25, 0.3) is 0 Å². The Morgan fingerprint density at radius 3 is 2.78 bits per heavy atom. The van der Waals surface area contributed by atoms with Gasteiger partial charge in [-0.25, -0.2) is 0 Å². The summed E-state index contributed by atoms with van der Waals surface area (Å²) in [7, 11) is 1.46. The van der Waals surface area contributed by atoms with E-state index in [1.165, 1.54) is 13.2 Å². The number of aromatic nitrogens is 2. The fourth-order valence-electron chi connectivity index (χ4n) is 1.30. The summed E-state index contributed by atoms with van der Waals surface area (Å²) in [6.45, 7) is 0. The number of hydrogen-bond acceptors (Lipinski definition) is 5. The van der Waals surface area contributed by atoms with E-state index in [0.717, 1.165) is 0 Å². The quantitative estimate of drug-likeness (QED) is 0.628. The average Bonchev–Trinajstić information content (AvgIpc) is 2.38. The average molecular weight is 265 g/mol. The van der Waals surface area contributed by atoms with Crippen LogP contribution in [0, 0.1) is 0 Å². The van der Waals surface area contributed by atoms with Crippen LogP contribution >= 0.6 is 11.6 Å². The molecule has 1 heterocycles. The Hall–Kier alpha value is -2.14. The summed E-state index contributed by atoms with van der Waals surface area (Å²) in [5.41, 5.74) is 0.403. The third-order valence-corrected chi connectivity index (χ3v) is 2.30. The van der Waals surface area contributed by atoms with E-state index < -0.39 is 0 Å². The van der Waals surface area contributed by atoms with Gasteiger partial charge >= 0.3 is 6.01 Å². The van der Waals surface area contributed by atoms with Crippen LogP contribution in [0.2, 0.25) is 5.15 Å². The molecular formula is C12H9ClN2O3. The van der Waals surface area contributed by atoms with Gasteiger partial charge in [0.05, 0.1) is 12.7 Å². The highest BCUT2D eigenvalue weighted by Crippen LogP contribution is 2.24. The van der Waals surface area contributed by atoms with Crippen molar-refractivity contribution in [3.8, 4) is 17.6 Å². The van der Waals surface area contributed by atoms with Crippen LogP contribution in [0.15, 0.2) is 30.3 Å². The molecule has 0 fully saturated rings. The zero-order chi connectivity index (χ0) is 13.0. The second kappa shape index (κ2) is 5.46. The van der Waals surface area contributed by atoms with E-state index >= 15 is 0 Å². The lowest BCUT2D eigenvalue weighted by Crippen LogP contribution is -1.97. The molecule has 2 rings (SSSR count). The molecule has 5 nitrogen and oxygen atoms in total. The molecule has 0 atom stereocenters. The number of aldehydes is 1. The molecule has 0 aliphatic carbocycles. The smallest absolute Gasteiger partial charge is 0.326 e. The molecule has 0 N–H and O–H groups in total. The van der Waals surface area contributed by atoms with E-state index in [2.05, 4.69) is 9.97 Å². The number of carbonyl (C=O) groups excluding carboxylic acids is 1. The van der Waals surface area contributed by atoms with E-state index in [1.807, 2.05) is 0 Å². The highest BCUT2D eigenvalue weighted by Gasteiger charge is 2.08. The van der Waals surface area contributed by atoms with Crippen molar-refractivity contribution in [2.45, 2.75) is 0 Å². The summed E-state index contributed by atoms with van der Waals surface area (Å²) in [4.78, 5) is 18.7. The van der Waals surface area contributed by atoms with E-state index in [4.69, 9.17) is 21.1 Å². The Bertz CT molecular complexity index is 575. The fraction of sp³-hybridized carbons (Fsp3) is 0.0833. The second-order valence-corrected chi connectivity index (χ2v) is 3.66. The first-order chi connectivity index (χ1) is 8.72. The lowest BCUT2D eigenvalue weighted by Gasteiger charge is -2.07. The zero-order valence-corrected chi connectivity index (χ0v) is 10.2. The van der Waals surface area contributed by atoms with Crippen molar-refractivity contribution < 1.29 is 14.3 Å². The predicted molar refractivity (Wildman–Crippen MR) is 65.5 cm³/mol. The number of benzene rings is 1. The van der Waals surface area contributed by atoms with Crippen molar-refractivity contribution in [3.63, 3.8) is 0 Å². The number of halogens is 1. The summed E-state index contributed by atoms with van der Waals surface area (Å²) in [6.07, 6.45) is 0.692. The molecule has 1 aromatic heterocycles. The molecule has 0 radical (unpaired) electrons. The maximum absolute atomic E-state index is 10.8. The Morgan fingerprint density at radius 1 is 1.28 bits per heavy atom. The van der Waals surface area contributed by atoms with Crippen molar-refractivity contribution in [1.82, 2.24) is 9.97 Å². The number of methoxy groups -OCH3 is 1. The van der Waals surface area contributed by atoms with Crippen molar-refractivity contribution in [2.24, 2.45) is 0 Å². The second-order valence-electron chi connectivity index (χ2n) is 3.27. The fourth-order valence-corrected chi connectivity index (χ4v) is 1.46. The lowest BCUT2D eigenvalue weighted by molar-refractivity contribution is 0.112. The Balaban J connectivity index is 2.33. The molecule has 0 amide bonds. The van der Waals surface area contributed by atoms with Crippen molar-refractivity contribution in [1.29, 1.82) is 0 Å². The molecule has 0 unspecified atom stereocenters. The van der Waals surface area contributed by atoms with Gasteiger partial charge in [0.15, 0.2) is 6.29 Å². The maximum atomic E-state index is 10.8. The molecule has 0 aliphatic rings. The van der Waals surface area contributed by atoms with Gasteiger partial charge in [0.25, 0.3) is 0 Å². The maximum Gasteiger partial charge on any atom is 0.326 e. The molecule has 0 aliphatic heterocycles. The van der Waals surface area contributed by atoms with Crippen LogP contribution in [-0.2, 0) is 0 Å². The topological polar surface area (TPSA) is 61.3 Å². The number of para-hydroxylation sites is 1. The zero-order valence-electron chi connectivity index (χ0n) is 9.46. The summed E-state index contributed by atoms with van der Waals surface area (Å²) in [5, 5.41) is 0.195. The summed E-state index contributed by atoms with van der Waals surface area (Å²) < 4.78 is 10.4. The SMILES string of the molecule is COc1cc(Cl)nc(Oc2ccccc2C=O)n1. The molecule has 6 heteroatoms. The van der Waals surface area contributed by atoms with Crippen molar-refractivity contribution in [2.75, 3.05) is 7.11 Å². The number of nitrogens with zero attached hydrogens (tertiary/aromatic N) is 2. The normalized spacial score (nSPS) is 9.89. The Morgan fingerprint density at radius 2 is 2.06 bits per heavy atom. The van der Waals surface area contributed by atoms with E-state index in [0.29, 0.717) is 17.6 Å². The van der Waals surface area contributed by atoms with Crippen molar-refractivity contribution >= 4 is 17.9 Å².